The zero-order chi connectivity index (χ0) is 19.8. The molecule has 3 aromatic rings. The number of aryl methyl sites for hydroxylation is 1. The first-order chi connectivity index (χ1) is 12.6. The van der Waals surface area contributed by atoms with Gasteiger partial charge in [-0.25, -0.2) is 0 Å². The van der Waals surface area contributed by atoms with Crippen LogP contribution in [0.1, 0.15) is 44.4 Å². The topological polar surface area (TPSA) is 40.5 Å². The smallest absolute Gasteiger partial charge is 0.0846 e. The van der Waals surface area contributed by atoms with Crippen molar-refractivity contribution in [2.45, 2.75) is 45.8 Å². The average Bonchev–Trinajstić information content (AvgIpc) is 2.60. The Kier molecular flexibility index (Phi) is 4.98. The molecule has 0 amide bonds. The third-order valence-corrected chi connectivity index (χ3v) is 5.00. The zero-order valence-corrected chi connectivity index (χ0v) is 16.7. The fraction of sp³-hybridized carbons (Fsp3) is 0.280. The minimum atomic E-state index is -1.01. The molecule has 3 aromatic carbocycles. The first kappa shape index (κ1) is 19.3. The molecule has 0 aliphatic heterocycles. The molecule has 3 rings (SSSR count). The van der Waals surface area contributed by atoms with Crippen LogP contribution in [0.4, 0.5) is 0 Å². The van der Waals surface area contributed by atoms with Gasteiger partial charge in [0.15, 0.2) is 0 Å². The van der Waals surface area contributed by atoms with Gasteiger partial charge in [-0.2, -0.15) is 0 Å². The van der Waals surface area contributed by atoms with Gasteiger partial charge in [-0.15, -0.1) is 0 Å². The van der Waals surface area contributed by atoms with E-state index in [9.17, 15) is 10.2 Å². The fourth-order valence-corrected chi connectivity index (χ4v) is 3.57. The fourth-order valence-electron chi connectivity index (χ4n) is 3.57. The monoisotopic (exact) mass is 360 g/mol. The molecule has 2 nitrogen and oxygen atoms in total. The van der Waals surface area contributed by atoms with Crippen LogP contribution in [0.2, 0.25) is 0 Å². The van der Waals surface area contributed by atoms with Crippen molar-refractivity contribution in [3.05, 3.63) is 83.4 Å². The Morgan fingerprint density at radius 3 is 1.63 bits per heavy atom. The van der Waals surface area contributed by atoms with Gasteiger partial charge in [0.05, 0.1) is 11.2 Å². The summed E-state index contributed by atoms with van der Waals surface area (Å²) < 4.78 is 0. The molecule has 27 heavy (non-hydrogen) atoms. The molecule has 0 saturated carbocycles. The van der Waals surface area contributed by atoms with E-state index in [2.05, 4.69) is 19.1 Å². The normalized spacial score (nSPS) is 12.3. The van der Waals surface area contributed by atoms with E-state index >= 15 is 0 Å². The van der Waals surface area contributed by atoms with Gasteiger partial charge in [0.2, 0.25) is 0 Å². The standard InChI is InChI=1S/C25H28O2/c1-17-11-9-10-14-19(17)21-16-22(24(2,3)26)20(15-23(21)25(4,5)27)18-12-7-6-8-13-18/h6-16,26-27H,1-5H3. The van der Waals surface area contributed by atoms with Crippen LogP contribution in [-0.4, -0.2) is 10.2 Å². The summed E-state index contributed by atoms with van der Waals surface area (Å²) >= 11 is 0. The van der Waals surface area contributed by atoms with Crippen LogP contribution < -0.4 is 0 Å². The molecule has 0 spiro atoms. The molecule has 0 bridgehead atoms. The maximum Gasteiger partial charge on any atom is 0.0846 e. The van der Waals surface area contributed by atoms with Crippen molar-refractivity contribution in [1.82, 2.24) is 0 Å². The highest BCUT2D eigenvalue weighted by Crippen LogP contribution is 2.41. The third kappa shape index (κ3) is 3.97. The summed E-state index contributed by atoms with van der Waals surface area (Å²) in [5, 5.41) is 21.8. The third-order valence-electron chi connectivity index (χ3n) is 5.00. The van der Waals surface area contributed by atoms with Gasteiger partial charge < -0.3 is 10.2 Å². The van der Waals surface area contributed by atoms with Crippen LogP contribution in [0.3, 0.4) is 0 Å². The van der Waals surface area contributed by atoms with Crippen LogP contribution in [-0.2, 0) is 11.2 Å². The number of benzene rings is 3. The van der Waals surface area contributed by atoms with Crippen molar-refractivity contribution in [3.8, 4) is 22.3 Å². The number of rotatable bonds is 4. The molecule has 2 heteroatoms. The van der Waals surface area contributed by atoms with Gasteiger partial charge in [-0.1, -0.05) is 54.6 Å². The second-order valence-electron chi connectivity index (χ2n) is 8.24. The largest absolute Gasteiger partial charge is 0.386 e. The Morgan fingerprint density at radius 2 is 1.07 bits per heavy atom. The molecule has 140 valence electrons. The van der Waals surface area contributed by atoms with Crippen LogP contribution in [0, 0.1) is 6.92 Å². The van der Waals surface area contributed by atoms with E-state index in [1.54, 1.807) is 13.8 Å². The average molecular weight is 360 g/mol. The summed E-state index contributed by atoms with van der Waals surface area (Å²) in [6.07, 6.45) is 0. The summed E-state index contributed by atoms with van der Waals surface area (Å²) in [6, 6.07) is 22.2. The lowest BCUT2D eigenvalue weighted by Crippen LogP contribution is -2.21. The van der Waals surface area contributed by atoms with Gasteiger partial charge >= 0.3 is 0 Å². The molecule has 0 aliphatic carbocycles. The summed E-state index contributed by atoms with van der Waals surface area (Å²) in [7, 11) is 0. The van der Waals surface area contributed by atoms with E-state index in [1.807, 2.05) is 68.4 Å². The maximum atomic E-state index is 10.9. The molecule has 0 saturated heterocycles. The van der Waals surface area contributed by atoms with E-state index in [-0.39, 0.29) is 0 Å². The van der Waals surface area contributed by atoms with Crippen molar-refractivity contribution < 1.29 is 10.2 Å². The summed E-state index contributed by atoms with van der Waals surface area (Å²) in [5.41, 5.74) is 4.80. The predicted molar refractivity (Wildman–Crippen MR) is 113 cm³/mol. The highest BCUT2D eigenvalue weighted by atomic mass is 16.3. The number of hydrogen-bond acceptors (Lipinski definition) is 2. The van der Waals surface area contributed by atoms with Crippen molar-refractivity contribution in [1.29, 1.82) is 0 Å². The quantitative estimate of drug-likeness (QED) is 0.619. The Hall–Kier alpha value is -2.42. The Morgan fingerprint density at radius 1 is 0.593 bits per heavy atom. The molecule has 0 heterocycles. The minimum absolute atomic E-state index is 0.847. The van der Waals surface area contributed by atoms with E-state index in [1.165, 1.54) is 0 Å². The van der Waals surface area contributed by atoms with Crippen LogP contribution in [0.15, 0.2) is 66.7 Å². The van der Waals surface area contributed by atoms with Gasteiger partial charge in [0, 0.05) is 0 Å². The Balaban J connectivity index is 2.40. The molecule has 0 aromatic heterocycles. The number of aliphatic hydroxyl groups is 2. The summed E-state index contributed by atoms with van der Waals surface area (Å²) in [6.45, 7) is 9.30. The number of hydrogen-bond donors (Lipinski definition) is 2. The van der Waals surface area contributed by atoms with Crippen LogP contribution in [0.5, 0.6) is 0 Å². The lowest BCUT2D eigenvalue weighted by Gasteiger charge is -2.29. The van der Waals surface area contributed by atoms with E-state index in [0.29, 0.717) is 0 Å². The summed E-state index contributed by atoms with van der Waals surface area (Å²) in [4.78, 5) is 0. The van der Waals surface area contributed by atoms with E-state index < -0.39 is 11.2 Å². The van der Waals surface area contributed by atoms with Gasteiger partial charge in [0.25, 0.3) is 0 Å². The molecule has 2 N–H and O–H groups in total. The van der Waals surface area contributed by atoms with Crippen LogP contribution in [0.25, 0.3) is 22.3 Å². The van der Waals surface area contributed by atoms with Gasteiger partial charge in [0.1, 0.15) is 0 Å². The van der Waals surface area contributed by atoms with Crippen molar-refractivity contribution in [2.75, 3.05) is 0 Å². The second-order valence-corrected chi connectivity index (χ2v) is 8.24. The molecule has 0 fully saturated rings. The molecular formula is C25H28O2. The van der Waals surface area contributed by atoms with Gasteiger partial charge in [-0.05, 0) is 85.7 Å². The Bertz CT molecular complexity index is 942. The van der Waals surface area contributed by atoms with Crippen molar-refractivity contribution >= 4 is 0 Å². The zero-order valence-electron chi connectivity index (χ0n) is 16.7. The lowest BCUT2D eigenvalue weighted by molar-refractivity contribution is 0.0753. The summed E-state index contributed by atoms with van der Waals surface area (Å²) in [5.74, 6) is 0. The van der Waals surface area contributed by atoms with Crippen molar-refractivity contribution in [2.24, 2.45) is 0 Å². The Labute approximate surface area is 162 Å². The SMILES string of the molecule is Cc1ccccc1-c1cc(C(C)(C)O)c(-c2ccccc2)cc1C(C)(C)O. The van der Waals surface area contributed by atoms with Gasteiger partial charge in [-0.3, -0.25) is 0 Å². The second kappa shape index (κ2) is 6.95. The van der Waals surface area contributed by atoms with Crippen molar-refractivity contribution in [3.63, 3.8) is 0 Å². The minimum Gasteiger partial charge on any atom is -0.386 e. The predicted octanol–water partition coefficient (Wildman–Crippen LogP) is 5.78. The highest BCUT2D eigenvalue weighted by Gasteiger charge is 2.28. The van der Waals surface area contributed by atoms with E-state index in [4.69, 9.17) is 0 Å². The van der Waals surface area contributed by atoms with Crippen LogP contribution >= 0.6 is 0 Å². The maximum absolute atomic E-state index is 10.9. The highest BCUT2D eigenvalue weighted by molar-refractivity contribution is 5.79. The molecule has 0 unspecified atom stereocenters. The molecule has 0 radical (unpaired) electrons. The molecule has 0 atom stereocenters. The molecule has 0 aliphatic rings. The molecular weight excluding hydrogens is 332 g/mol. The first-order valence-corrected chi connectivity index (χ1v) is 9.34. The van der Waals surface area contributed by atoms with E-state index in [0.717, 1.165) is 38.9 Å². The first-order valence-electron chi connectivity index (χ1n) is 9.34. The lowest BCUT2D eigenvalue weighted by atomic mass is 9.80.